The Kier molecular flexibility index (Phi) is 4.34. The van der Waals surface area contributed by atoms with Crippen LogP contribution in [0.4, 0.5) is 11.4 Å². The Labute approximate surface area is 111 Å². The van der Waals surface area contributed by atoms with E-state index in [4.69, 9.17) is 5.11 Å². The molecule has 1 aromatic rings. The van der Waals surface area contributed by atoms with E-state index in [0.29, 0.717) is 11.5 Å². The van der Waals surface area contributed by atoms with Gasteiger partial charge in [-0.15, -0.1) is 0 Å². The maximum Gasteiger partial charge on any atom is 0.275 e. The molecule has 0 amide bonds. The molecule has 2 N–H and O–H groups in total. The maximum atomic E-state index is 10.8. The van der Waals surface area contributed by atoms with Gasteiger partial charge >= 0.3 is 0 Å². The third-order valence-corrected chi connectivity index (χ3v) is 3.62. The zero-order valence-electron chi connectivity index (χ0n) is 10.7. The number of aliphatic hydroxyl groups is 2. The van der Waals surface area contributed by atoms with Crippen LogP contribution in [0.3, 0.4) is 0 Å². The first-order chi connectivity index (χ1) is 9.15. The summed E-state index contributed by atoms with van der Waals surface area (Å²) < 4.78 is 0. The average molecular weight is 266 g/mol. The van der Waals surface area contributed by atoms with E-state index in [1.54, 1.807) is 12.1 Å². The highest BCUT2D eigenvalue weighted by Gasteiger charge is 2.23. The van der Waals surface area contributed by atoms with Crippen molar-refractivity contribution in [3.8, 4) is 0 Å². The largest absolute Gasteiger partial charge is 0.396 e. The Morgan fingerprint density at radius 3 is 2.84 bits per heavy atom. The van der Waals surface area contributed by atoms with Gasteiger partial charge in [0.05, 0.1) is 17.1 Å². The molecule has 0 radical (unpaired) electrons. The Morgan fingerprint density at radius 1 is 1.42 bits per heavy atom. The molecule has 1 atom stereocenters. The molecule has 2 rings (SSSR count). The molecule has 0 aliphatic carbocycles. The first kappa shape index (κ1) is 13.8. The summed E-state index contributed by atoms with van der Waals surface area (Å²) in [6, 6.07) is 4.85. The van der Waals surface area contributed by atoms with Gasteiger partial charge in [0.15, 0.2) is 0 Å². The zero-order chi connectivity index (χ0) is 13.8. The first-order valence-electron chi connectivity index (χ1n) is 6.39. The lowest BCUT2D eigenvalue weighted by Crippen LogP contribution is -2.20. The molecule has 1 aromatic carbocycles. The van der Waals surface area contributed by atoms with Crippen molar-refractivity contribution in [3.05, 3.63) is 33.9 Å². The van der Waals surface area contributed by atoms with Crippen LogP contribution in [0.1, 0.15) is 18.4 Å². The molecule has 6 heteroatoms. The highest BCUT2D eigenvalue weighted by Crippen LogP contribution is 2.29. The minimum Gasteiger partial charge on any atom is -0.396 e. The van der Waals surface area contributed by atoms with E-state index in [1.807, 2.05) is 0 Å². The Bertz CT molecular complexity index is 464. The minimum absolute atomic E-state index is 0.0441. The van der Waals surface area contributed by atoms with Gasteiger partial charge in [0.1, 0.15) is 0 Å². The highest BCUT2D eigenvalue weighted by molar-refractivity contribution is 5.56. The van der Waals surface area contributed by atoms with E-state index in [9.17, 15) is 15.2 Å². The van der Waals surface area contributed by atoms with Crippen LogP contribution >= 0.6 is 0 Å². The topological polar surface area (TPSA) is 86.8 Å². The summed E-state index contributed by atoms with van der Waals surface area (Å²) in [4.78, 5) is 12.5. The Hall–Kier alpha value is -1.66. The van der Waals surface area contributed by atoms with E-state index >= 15 is 0 Å². The SMILES string of the molecule is O=[N+]([O-])c1ccc(N2CCC(CCO)C2)cc1CO. The van der Waals surface area contributed by atoms with Crippen LogP contribution in [0.5, 0.6) is 0 Å². The fraction of sp³-hybridized carbons (Fsp3) is 0.538. The van der Waals surface area contributed by atoms with Crippen LogP contribution < -0.4 is 4.90 Å². The van der Waals surface area contributed by atoms with Gasteiger partial charge in [-0.3, -0.25) is 10.1 Å². The van der Waals surface area contributed by atoms with Gasteiger partial charge in [-0.25, -0.2) is 0 Å². The molecule has 6 nitrogen and oxygen atoms in total. The molecule has 0 aromatic heterocycles. The lowest BCUT2D eigenvalue weighted by Gasteiger charge is -2.19. The first-order valence-corrected chi connectivity index (χ1v) is 6.39. The molecule has 1 unspecified atom stereocenters. The van der Waals surface area contributed by atoms with Gasteiger partial charge in [-0.2, -0.15) is 0 Å². The monoisotopic (exact) mass is 266 g/mol. The molecule has 19 heavy (non-hydrogen) atoms. The number of hydrogen-bond acceptors (Lipinski definition) is 5. The van der Waals surface area contributed by atoms with Crippen molar-refractivity contribution < 1.29 is 15.1 Å². The van der Waals surface area contributed by atoms with Crippen LogP contribution in [-0.4, -0.2) is 34.8 Å². The second-order valence-electron chi connectivity index (χ2n) is 4.84. The van der Waals surface area contributed by atoms with Crippen molar-refractivity contribution in [1.82, 2.24) is 0 Å². The van der Waals surface area contributed by atoms with Crippen molar-refractivity contribution >= 4 is 11.4 Å². The zero-order valence-corrected chi connectivity index (χ0v) is 10.7. The lowest BCUT2D eigenvalue weighted by molar-refractivity contribution is -0.385. The standard InChI is InChI=1S/C13H18N2O4/c16-6-4-10-3-5-14(8-10)12-1-2-13(15(18)19)11(7-12)9-17/h1-2,7,10,16-17H,3-6,8-9H2. The molecule has 1 aliphatic rings. The summed E-state index contributed by atoms with van der Waals surface area (Å²) in [5, 5.41) is 29.0. The van der Waals surface area contributed by atoms with Crippen molar-refractivity contribution in [1.29, 1.82) is 0 Å². The fourth-order valence-electron chi connectivity index (χ4n) is 2.56. The highest BCUT2D eigenvalue weighted by atomic mass is 16.6. The number of nitro groups is 1. The van der Waals surface area contributed by atoms with Gasteiger partial charge in [-0.05, 0) is 30.9 Å². The van der Waals surface area contributed by atoms with Crippen molar-refractivity contribution in [2.24, 2.45) is 5.92 Å². The van der Waals surface area contributed by atoms with Crippen LogP contribution in [0, 0.1) is 16.0 Å². The third-order valence-electron chi connectivity index (χ3n) is 3.62. The predicted octanol–water partition coefficient (Wildman–Crippen LogP) is 1.30. The molecule has 1 heterocycles. The predicted molar refractivity (Wildman–Crippen MR) is 71.0 cm³/mol. The summed E-state index contributed by atoms with van der Waals surface area (Å²) in [5.74, 6) is 0.470. The van der Waals surface area contributed by atoms with Gasteiger partial charge < -0.3 is 15.1 Å². The number of nitrogens with zero attached hydrogens (tertiary/aromatic N) is 2. The number of benzene rings is 1. The van der Waals surface area contributed by atoms with E-state index in [2.05, 4.69) is 4.90 Å². The lowest BCUT2D eigenvalue weighted by atomic mass is 10.1. The normalized spacial score (nSPS) is 18.8. The summed E-state index contributed by atoms with van der Waals surface area (Å²) in [7, 11) is 0. The maximum absolute atomic E-state index is 10.8. The number of anilines is 1. The molecule has 0 bridgehead atoms. The van der Waals surface area contributed by atoms with E-state index in [1.165, 1.54) is 6.07 Å². The molecule has 1 saturated heterocycles. The smallest absolute Gasteiger partial charge is 0.275 e. The average Bonchev–Trinajstić information content (AvgIpc) is 2.87. The third kappa shape index (κ3) is 3.02. The van der Waals surface area contributed by atoms with Crippen molar-refractivity contribution in [2.75, 3.05) is 24.6 Å². The second-order valence-corrected chi connectivity index (χ2v) is 4.84. The minimum atomic E-state index is -0.478. The fourth-order valence-corrected chi connectivity index (χ4v) is 2.56. The van der Waals surface area contributed by atoms with Crippen LogP contribution in [0.25, 0.3) is 0 Å². The van der Waals surface area contributed by atoms with E-state index in [-0.39, 0.29) is 18.9 Å². The molecule has 0 spiro atoms. The van der Waals surface area contributed by atoms with Gasteiger partial charge in [0.25, 0.3) is 5.69 Å². The van der Waals surface area contributed by atoms with E-state index in [0.717, 1.165) is 31.6 Å². The van der Waals surface area contributed by atoms with Gasteiger partial charge in [0.2, 0.25) is 0 Å². The van der Waals surface area contributed by atoms with Gasteiger partial charge in [-0.1, -0.05) is 0 Å². The van der Waals surface area contributed by atoms with Crippen LogP contribution in [0.2, 0.25) is 0 Å². The Morgan fingerprint density at radius 2 is 2.21 bits per heavy atom. The molecular weight excluding hydrogens is 248 g/mol. The second kappa shape index (κ2) is 5.99. The molecule has 1 fully saturated rings. The summed E-state index contributed by atoms with van der Waals surface area (Å²) in [5.41, 5.74) is 1.19. The number of rotatable bonds is 5. The molecule has 1 aliphatic heterocycles. The summed E-state index contributed by atoms with van der Waals surface area (Å²) in [6.07, 6.45) is 1.81. The van der Waals surface area contributed by atoms with Crippen LogP contribution in [0.15, 0.2) is 18.2 Å². The van der Waals surface area contributed by atoms with Gasteiger partial charge in [0, 0.05) is 31.5 Å². The number of nitro benzene ring substituents is 1. The summed E-state index contributed by atoms with van der Waals surface area (Å²) >= 11 is 0. The molecular formula is C13H18N2O4. The van der Waals surface area contributed by atoms with Crippen LogP contribution in [-0.2, 0) is 6.61 Å². The van der Waals surface area contributed by atoms with E-state index < -0.39 is 4.92 Å². The number of aliphatic hydroxyl groups excluding tert-OH is 2. The summed E-state index contributed by atoms with van der Waals surface area (Å²) in [6.45, 7) is 1.59. The Balaban J connectivity index is 2.16. The molecule has 0 saturated carbocycles. The quantitative estimate of drug-likeness (QED) is 0.619. The molecule has 104 valence electrons. The number of hydrogen-bond donors (Lipinski definition) is 2. The van der Waals surface area contributed by atoms with Crippen molar-refractivity contribution in [3.63, 3.8) is 0 Å². The van der Waals surface area contributed by atoms with Crippen molar-refractivity contribution in [2.45, 2.75) is 19.4 Å².